The lowest BCUT2D eigenvalue weighted by molar-refractivity contribution is -0.197. The molecule has 7 nitrogen and oxygen atoms in total. The van der Waals surface area contributed by atoms with Crippen molar-refractivity contribution in [1.29, 1.82) is 0 Å². The van der Waals surface area contributed by atoms with Crippen molar-refractivity contribution in [2.45, 2.75) is 141 Å². The normalized spacial score (nSPS) is 27.6. The summed E-state index contributed by atoms with van der Waals surface area (Å²) in [5, 5.41) is 10.5. The molecule has 0 aromatic heterocycles. The van der Waals surface area contributed by atoms with Gasteiger partial charge in [0.25, 0.3) is 5.92 Å². The summed E-state index contributed by atoms with van der Waals surface area (Å²) in [7, 11) is 1.38. The number of carbonyl (C=O) groups is 2. The minimum atomic E-state index is -3.15. The molecule has 0 amide bonds. The zero-order chi connectivity index (χ0) is 28.1. The molecule has 1 aliphatic carbocycles. The average Bonchev–Trinajstić information content (AvgIpc) is 3.18. The fourth-order valence-electron chi connectivity index (χ4n) is 5.86. The number of rotatable bonds is 17. The average molecular weight is 549 g/mol. The molecule has 0 spiro atoms. The molecule has 7 unspecified atom stereocenters. The maximum atomic E-state index is 14.7. The Morgan fingerprint density at radius 1 is 1.08 bits per heavy atom. The van der Waals surface area contributed by atoms with Crippen molar-refractivity contribution in [2.24, 2.45) is 17.8 Å². The summed E-state index contributed by atoms with van der Waals surface area (Å²) in [6.07, 6.45) is 5.69. The standard InChI is InChI=1S/C29H50F2O7/c1-5-20(2)19-29(30,31)26(33)16-15-23-22(12-8-6-7-9-13-27(34)35-4)24(37-21(3)32)18-25(23)38-28-14-10-11-17-36-28/h20,22-26,28,33H,5-19H2,1-4H3. The van der Waals surface area contributed by atoms with Crippen LogP contribution in [-0.4, -0.2) is 61.3 Å². The highest BCUT2D eigenvalue weighted by Gasteiger charge is 2.47. The molecule has 222 valence electrons. The van der Waals surface area contributed by atoms with E-state index in [9.17, 15) is 23.5 Å². The summed E-state index contributed by atoms with van der Waals surface area (Å²) < 4.78 is 52.0. The molecule has 2 fully saturated rings. The number of hydrogen-bond donors (Lipinski definition) is 1. The molecule has 1 heterocycles. The summed E-state index contributed by atoms with van der Waals surface area (Å²) in [4.78, 5) is 23.3. The van der Waals surface area contributed by atoms with Gasteiger partial charge >= 0.3 is 11.9 Å². The van der Waals surface area contributed by atoms with E-state index in [2.05, 4.69) is 4.74 Å². The van der Waals surface area contributed by atoms with Gasteiger partial charge in [0.15, 0.2) is 6.29 Å². The molecule has 0 radical (unpaired) electrons. The predicted molar refractivity (Wildman–Crippen MR) is 140 cm³/mol. The van der Waals surface area contributed by atoms with Gasteiger partial charge < -0.3 is 24.1 Å². The minimum absolute atomic E-state index is 0.0398. The van der Waals surface area contributed by atoms with Gasteiger partial charge in [-0.15, -0.1) is 0 Å². The Balaban J connectivity index is 2.08. The van der Waals surface area contributed by atoms with Crippen molar-refractivity contribution in [3.05, 3.63) is 0 Å². The molecule has 9 heteroatoms. The predicted octanol–water partition coefficient (Wildman–Crippen LogP) is 6.19. The van der Waals surface area contributed by atoms with E-state index in [0.29, 0.717) is 32.3 Å². The van der Waals surface area contributed by atoms with E-state index >= 15 is 0 Å². The fourth-order valence-corrected chi connectivity index (χ4v) is 5.86. The molecule has 0 bridgehead atoms. The van der Waals surface area contributed by atoms with Crippen LogP contribution in [0.5, 0.6) is 0 Å². The molecule has 0 aromatic rings. The third-order valence-electron chi connectivity index (χ3n) is 8.23. The van der Waals surface area contributed by atoms with Crippen LogP contribution in [0.25, 0.3) is 0 Å². The Kier molecular flexibility index (Phi) is 14.5. The number of hydrogen-bond acceptors (Lipinski definition) is 7. The van der Waals surface area contributed by atoms with Crippen LogP contribution in [0.4, 0.5) is 8.78 Å². The quantitative estimate of drug-likeness (QED) is 0.171. The number of alkyl halides is 2. The second-order valence-electron chi connectivity index (χ2n) is 11.3. The second kappa shape index (κ2) is 16.7. The number of carbonyl (C=O) groups excluding carboxylic acids is 2. The lowest BCUT2D eigenvalue weighted by Crippen LogP contribution is -2.37. The Labute approximate surface area is 227 Å². The van der Waals surface area contributed by atoms with Gasteiger partial charge in [-0.2, -0.15) is 0 Å². The number of ether oxygens (including phenoxy) is 4. The zero-order valence-corrected chi connectivity index (χ0v) is 23.8. The van der Waals surface area contributed by atoms with E-state index in [0.717, 1.165) is 51.4 Å². The largest absolute Gasteiger partial charge is 0.469 e. The van der Waals surface area contributed by atoms with Gasteiger partial charge in [0.1, 0.15) is 12.2 Å². The summed E-state index contributed by atoms with van der Waals surface area (Å²) in [6, 6.07) is 0. The molecule has 1 saturated heterocycles. The van der Waals surface area contributed by atoms with Crippen LogP contribution in [0.15, 0.2) is 0 Å². The molecule has 7 atom stereocenters. The van der Waals surface area contributed by atoms with Crippen LogP contribution >= 0.6 is 0 Å². The Morgan fingerprint density at radius 3 is 2.42 bits per heavy atom. The summed E-state index contributed by atoms with van der Waals surface area (Å²) in [6.45, 7) is 5.66. The van der Waals surface area contributed by atoms with Gasteiger partial charge in [-0.3, -0.25) is 9.59 Å². The number of esters is 2. The number of unbranched alkanes of at least 4 members (excludes halogenated alkanes) is 3. The maximum absolute atomic E-state index is 14.7. The first kappa shape index (κ1) is 32.9. The van der Waals surface area contributed by atoms with Crippen molar-refractivity contribution in [1.82, 2.24) is 0 Å². The highest BCUT2D eigenvalue weighted by Crippen LogP contribution is 2.44. The number of halogens is 2. The first-order valence-electron chi connectivity index (χ1n) is 14.6. The van der Waals surface area contributed by atoms with E-state index < -0.39 is 12.0 Å². The molecule has 1 aliphatic heterocycles. The van der Waals surface area contributed by atoms with E-state index in [-0.39, 0.29) is 61.0 Å². The molecule has 1 N–H and O–H groups in total. The summed E-state index contributed by atoms with van der Waals surface area (Å²) >= 11 is 0. The van der Waals surface area contributed by atoms with Gasteiger partial charge in [-0.25, -0.2) is 8.78 Å². The van der Waals surface area contributed by atoms with Crippen molar-refractivity contribution >= 4 is 11.9 Å². The third kappa shape index (κ3) is 11.0. The van der Waals surface area contributed by atoms with Gasteiger partial charge in [0, 0.05) is 38.7 Å². The van der Waals surface area contributed by atoms with E-state index in [1.165, 1.54) is 14.0 Å². The zero-order valence-electron chi connectivity index (χ0n) is 23.8. The van der Waals surface area contributed by atoms with Crippen molar-refractivity contribution < 1.29 is 42.4 Å². The van der Waals surface area contributed by atoms with Crippen LogP contribution in [-0.2, 0) is 28.5 Å². The van der Waals surface area contributed by atoms with Gasteiger partial charge in [0.05, 0.1) is 13.2 Å². The van der Waals surface area contributed by atoms with Crippen LogP contribution in [0, 0.1) is 17.8 Å². The summed E-state index contributed by atoms with van der Waals surface area (Å²) in [5.74, 6) is -4.10. The Hall–Kier alpha value is -1.32. The van der Waals surface area contributed by atoms with Crippen LogP contribution in [0.1, 0.15) is 111 Å². The highest BCUT2D eigenvalue weighted by atomic mass is 19.3. The molecule has 2 rings (SSSR count). The van der Waals surface area contributed by atoms with Crippen molar-refractivity contribution in [3.8, 4) is 0 Å². The number of aliphatic hydroxyl groups is 1. The van der Waals surface area contributed by atoms with Gasteiger partial charge in [-0.1, -0.05) is 39.5 Å². The van der Waals surface area contributed by atoms with E-state index in [4.69, 9.17) is 14.2 Å². The van der Waals surface area contributed by atoms with Crippen molar-refractivity contribution in [3.63, 3.8) is 0 Å². The van der Waals surface area contributed by atoms with E-state index in [1.807, 2.05) is 6.92 Å². The minimum Gasteiger partial charge on any atom is -0.469 e. The molecule has 38 heavy (non-hydrogen) atoms. The summed E-state index contributed by atoms with van der Waals surface area (Å²) in [5.41, 5.74) is 0. The monoisotopic (exact) mass is 548 g/mol. The lowest BCUT2D eigenvalue weighted by atomic mass is 9.83. The Morgan fingerprint density at radius 2 is 1.79 bits per heavy atom. The Bertz CT molecular complexity index is 698. The first-order valence-corrected chi connectivity index (χ1v) is 14.6. The molecular formula is C29H50F2O7. The SMILES string of the molecule is CCC(C)CC(F)(F)C(O)CCC1C(OC2CCCCO2)CC(OC(C)=O)C1CCCCCCC(=O)OC. The highest BCUT2D eigenvalue weighted by molar-refractivity contribution is 5.69. The second-order valence-corrected chi connectivity index (χ2v) is 11.3. The molecule has 0 aromatic carbocycles. The van der Waals surface area contributed by atoms with Crippen molar-refractivity contribution in [2.75, 3.05) is 13.7 Å². The van der Waals surface area contributed by atoms with E-state index in [1.54, 1.807) is 6.92 Å². The fraction of sp³-hybridized carbons (Fsp3) is 0.931. The lowest BCUT2D eigenvalue weighted by Gasteiger charge is -2.32. The molecular weight excluding hydrogens is 498 g/mol. The number of methoxy groups -OCH3 is 1. The van der Waals surface area contributed by atoms with Gasteiger partial charge in [-0.05, 0) is 56.8 Å². The molecule has 1 saturated carbocycles. The molecule has 2 aliphatic rings. The van der Waals surface area contributed by atoms with Crippen LogP contribution in [0.3, 0.4) is 0 Å². The van der Waals surface area contributed by atoms with Crippen LogP contribution < -0.4 is 0 Å². The first-order chi connectivity index (χ1) is 18.1. The number of aliphatic hydroxyl groups excluding tert-OH is 1. The third-order valence-corrected chi connectivity index (χ3v) is 8.23. The smallest absolute Gasteiger partial charge is 0.305 e. The maximum Gasteiger partial charge on any atom is 0.305 e. The topological polar surface area (TPSA) is 91.3 Å². The van der Waals surface area contributed by atoms with Gasteiger partial charge in [0.2, 0.25) is 0 Å². The van der Waals surface area contributed by atoms with Crippen LogP contribution in [0.2, 0.25) is 0 Å².